The van der Waals surface area contributed by atoms with Crippen molar-refractivity contribution in [1.29, 1.82) is 0 Å². The second-order valence-electron chi connectivity index (χ2n) is 5.39. The molecule has 0 aliphatic carbocycles. The molecule has 0 spiro atoms. The van der Waals surface area contributed by atoms with Crippen LogP contribution in [0.1, 0.15) is 11.3 Å². The summed E-state index contributed by atoms with van der Waals surface area (Å²) in [6.45, 7) is 2.36. The lowest BCUT2D eigenvalue weighted by molar-refractivity contribution is 0.604. The molecule has 0 bridgehead atoms. The molecule has 8 heteroatoms. The second-order valence-corrected chi connectivity index (χ2v) is 6.25. The fraction of sp³-hybridized carbons (Fsp3) is 0.125. The molecule has 0 saturated heterocycles. The van der Waals surface area contributed by atoms with Gasteiger partial charge in [0.05, 0.1) is 16.7 Å². The number of hydrogen-bond acceptors (Lipinski definition) is 4. The fourth-order valence-corrected chi connectivity index (χ4v) is 2.85. The van der Waals surface area contributed by atoms with E-state index in [1.54, 1.807) is 10.7 Å². The highest BCUT2D eigenvalue weighted by molar-refractivity contribution is 9.10. The molecule has 0 amide bonds. The topological polar surface area (TPSA) is 72.3 Å². The Morgan fingerprint density at radius 2 is 2.08 bits per heavy atom. The van der Waals surface area contributed by atoms with Gasteiger partial charge < -0.3 is 4.98 Å². The number of halogens is 2. The lowest BCUT2D eigenvalue weighted by atomic mass is 10.2. The van der Waals surface area contributed by atoms with E-state index in [1.165, 1.54) is 12.4 Å². The first-order valence-corrected chi connectivity index (χ1v) is 8.05. The van der Waals surface area contributed by atoms with Crippen molar-refractivity contribution in [1.82, 2.24) is 29.9 Å². The highest BCUT2D eigenvalue weighted by Gasteiger charge is 2.16. The first-order valence-electron chi connectivity index (χ1n) is 7.26. The molecular formula is C16H12BrFN6. The molecule has 3 aromatic heterocycles. The lowest BCUT2D eigenvalue weighted by Crippen LogP contribution is -2.04. The van der Waals surface area contributed by atoms with E-state index in [1.807, 2.05) is 25.3 Å². The molecule has 0 aliphatic heterocycles. The molecule has 0 atom stereocenters. The van der Waals surface area contributed by atoms with Crippen LogP contribution in [0.4, 0.5) is 4.39 Å². The number of aromatic nitrogens is 6. The highest BCUT2D eigenvalue weighted by Crippen LogP contribution is 2.26. The molecule has 0 unspecified atom stereocenters. The van der Waals surface area contributed by atoms with Crippen LogP contribution in [0, 0.1) is 12.7 Å². The first-order chi connectivity index (χ1) is 11.6. The van der Waals surface area contributed by atoms with Gasteiger partial charge in [-0.05, 0) is 46.6 Å². The van der Waals surface area contributed by atoms with Gasteiger partial charge in [0.25, 0.3) is 0 Å². The maximum atomic E-state index is 13.7. The Kier molecular flexibility index (Phi) is 3.61. The van der Waals surface area contributed by atoms with Gasteiger partial charge >= 0.3 is 0 Å². The van der Waals surface area contributed by atoms with E-state index in [4.69, 9.17) is 0 Å². The largest absolute Gasteiger partial charge is 0.346 e. The third-order valence-corrected chi connectivity index (χ3v) is 4.52. The van der Waals surface area contributed by atoms with Crippen LogP contribution in [0.3, 0.4) is 0 Å². The van der Waals surface area contributed by atoms with Gasteiger partial charge in [0.15, 0.2) is 0 Å². The van der Waals surface area contributed by atoms with Crippen LogP contribution in [0.5, 0.6) is 0 Å². The van der Waals surface area contributed by atoms with Gasteiger partial charge in [-0.1, -0.05) is 11.3 Å². The van der Waals surface area contributed by atoms with E-state index in [0.717, 1.165) is 28.0 Å². The van der Waals surface area contributed by atoms with Crippen LogP contribution in [0.2, 0.25) is 0 Å². The van der Waals surface area contributed by atoms with Crippen molar-refractivity contribution in [2.75, 3.05) is 0 Å². The smallest absolute Gasteiger partial charge is 0.141 e. The Bertz CT molecular complexity index is 1040. The number of aromatic amines is 1. The van der Waals surface area contributed by atoms with Gasteiger partial charge in [0.2, 0.25) is 0 Å². The molecule has 120 valence electrons. The fourth-order valence-electron chi connectivity index (χ4n) is 2.60. The maximum absolute atomic E-state index is 13.7. The molecule has 0 radical (unpaired) electrons. The van der Waals surface area contributed by atoms with Gasteiger partial charge in [0.1, 0.15) is 29.2 Å². The van der Waals surface area contributed by atoms with E-state index < -0.39 is 0 Å². The summed E-state index contributed by atoms with van der Waals surface area (Å²) in [5.41, 5.74) is 3.85. The molecule has 1 N–H and O–H groups in total. The Morgan fingerprint density at radius 3 is 2.92 bits per heavy atom. The average molecular weight is 387 g/mol. The minimum Gasteiger partial charge on any atom is -0.346 e. The van der Waals surface area contributed by atoms with Crippen molar-refractivity contribution in [3.8, 4) is 11.4 Å². The third-order valence-electron chi connectivity index (χ3n) is 3.88. The number of H-pyrrole nitrogens is 1. The zero-order valence-corrected chi connectivity index (χ0v) is 14.2. The van der Waals surface area contributed by atoms with Gasteiger partial charge in [-0.2, -0.15) is 0 Å². The molecular weight excluding hydrogens is 375 g/mol. The quantitative estimate of drug-likeness (QED) is 0.584. The molecule has 1 aromatic carbocycles. The van der Waals surface area contributed by atoms with Crippen LogP contribution in [0.15, 0.2) is 41.3 Å². The van der Waals surface area contributed by atoms with E-state index in [2.05, 4.69) is 41.2 Å². The molecule has 4 rings (SSSR count). The molecule has 0 aliphatic rings. The first kappa shape index (κ1) is 14.9. The normalized spacial score (nSPS) is 11.3. The standard InChI is InChI=1S/C16H12BrFN6/c1-9-14(15-11-4-5-19-16(11)21-8-20-15)22-23-24(9)7-10-2-3-12(17)13(18)6-10/h2-6,8H,7H2,1H3,(H,19,20,21). The average Bonchev–Trinajstić information content (AvgIpc) is 3.18. The van der Waals surface area contributed by atoms with Crippen LogP contribution in [-0.4, -0.2) is 29.9 Å². The van der Waals surface area contributed by atoms with E-state index in [-0.39, 0.29) is 5.82 Å². The Morgan fingerprint density at radius 1 is 1.21 bits per heavy atom. The van der Waals surface area contributed by atoms with Crippen LogP contribution >= 0.6 is 15.9 Å². The van der Waals surface area contributed by atoms with Gasteiger partial charge in [0, 0.05) is 11.6 Å². The van der Waals surface area contributed by atoms with Crippen molar-refractivity contribution in [2.45, 2.75) is 13.5 Å². The lowest BCUT2D eigenvalue weighted by Gasteiger charge is -2.05. The number of nitrogens with one attached hydrogen (secondary N) is 1. The Balaban J connectivity index is 1.73. The van der Waals surface area contributed by atoms with Crippen molar-refractivity contribution >= 4 is 27.0 Å². The summed E-state index contributed by atoms with van der Waals surface area (Å²) in [5.74, 6) is -0.296. The molecule has 24 heavy (non-hydrogen) atoms. The van der Waals surface area contributed by atoms with Gasteiger partial charge in [-0.15, -0.1) is 5.10 Å². The molecule has 3 heterocycles. The Labute approximate surface area is 144 Å². The second kappa shape index (κ2) is 5.79. The summed E-state index contributed by atoms with van der Waals surface area (Å²) in [7, 11) is 0. The SMILES string of the molecule is Cc1c(-c2ncnc3[nH]ccc23)nnn1Cc1ccc(Br)c(F)c1. The molecule has 0 fully saturated rings. The highest BCUT2D eigenvalue weighted by atomic mass is 79.9. The van der Waals surface area contributed by atoms with Crippen molar-refractivity contribution in [3.05, 3.63) is 58.3 Å². The predicted molar refractivity (Wildman–Crippen MR) is 90.8 cm³/mol. The van der Waals surface area contributed by atoms with Crippen molar-refractivity contribution in [2.24, 2.45) is 0 Å². The summed E-state index contributed by atoms with van der Waals surface area (Å²) in [6, 6.07) is 6.93. The van der Waals surface area contributed by atoms with Crippen LogP contribution in [0.25, 0.3) is 22.4 Å². The third kappa shape index (κ3) is 2.48. The zero-order chi connectivity index (χ0) is 16.7. The summed E-state index contributed by atoms with van der Waals surface area (Å²) in [4.78, 5) is 11.6. The van der Waals surface area contributed by atoms with E-state index in [9.17, 15) is 4.39 Å². The summed E-state index contributed by atoms with van der Waals surface area (Å²) >= 11 is 3.16. The number of nitrogens with zero attached hydrogens (tertiary/aromatic N) is 5. The van der Waals surface area contributed by atoms with Gasteiger partial charge in [-0.3, -0.25) is 0 Å². The number of rotatable bonds is 3. The zero-order valence-electron chi connectivity index (χ0n) is 12.7. The van der Waals surface area contributed by atoms with Gasteiger partial charge in [-0.25, -0.2) is 19.0 Å². The molecule has 4 aromatic rings. The molecule has 0 saturated carbocycles. The number of hydrogen-bond donors (Lipinski definition) is 1. The number of fused-ring (bicyclic) bond motifs is 1. The van der Waals surface area contributed by atoms with Crippen LogP contribution in [-0.2, 0) is 6.54 Å². The van der Waals surface area contributed by atoms with E-state index in [0.29, 0.717) is 16.7 Å². The predicted octanol–water partition coefficient (Wildman–Crippen LogP) is 3.47. The van der Waals surface area contributed by atoms with Crippen molar-refractivity contribution in [3.63, 3.8) is 0 Å². The maximum Gasteiger partial charge on any atom is 0.141 e. The van der Waals surface area contributed by atoms with E-state index >= 15 is 0 Å². The van der Waals surface area contributed by atoms with Crippen molar-refractivity contribution < 1.29 is 4.39 Å². The number of benzene rings is 1. The summed E-state index contributed by atoms with van der Waals surface area (Å²) in [6.07, 6.45) is 3.31. The summed E-state index contributed by atoms with van der Waals surface area (Å²) in [5, 5.41) is 9.34. The summed E-state index contributed by atoms with van der Waals surface area (Å²) < 4.78 is 15.9. The minimum atomic E-state index is -0.296. The monoisotopic (exact) mass is 386 g/mol. The minimum absolute atomic E-state index is 0.296. The van der Waals surface area contributed by atoms with Crippen LogP contribution < -0.4 is 0 Å². The Hall–Kier alpha value is -2.61. The molecule has 6 nitrogen and oxygen atoms in total.